The van der Waals surface area contributed by atoms with Gasteiger partial charge >= 0.3 is 5.97 Å². The Bertz CT molecular complexity index is 787. The smallest absolute Gasteiger partial charge is 0.305 e. The SMILES string of the molecule is C[SiH2]CCC[N+](CCCCS(=O)(=O)O)(CCCCS(=O)(=O)O)CCOCCOCCOCCOCCC(=O)O. The molecule has 3 N–H and O–H groups in total. The maximum Gasteiger partial charge on any atom is 0.305 e. The topological polar surface area (TPSA) is 183 Å². The zero-order valence-electron chi connectivity index (χ0n) is 23.3. The van der Waals surface area contributed by atoms with E-state index in [1.54, 1.807) is 0 Å². The van der Waals surface area contributed by atoms with Gasteiger partial charge in [0.05, 0.1) is 90.4 Å². The number of ether oxygens (including phenoxy) is 4. The highest BCUT2D eigenvalue weighted by molar-refractivity contribution is 7.86. The highest BCUT2D eigenvalue weighted by atomic mass is 32.2. The van der Waals surface area contributed by atoms with Gasteiger partial charge in [-0.05, 0) is 32.1 Å². The Hall–Kier alpha value is -0.693. The lowest BCUT2D eigenvalue weighted by Crippen LogP contribution is -2.52. The summed E-state index contributed by atoms with van der Waals surface area (Å²) in [6, 6.07) is 1.18. The van der Waals surface area contributed by atoms with E-state index in [4.69, 9.17) is 33.2 Å². The first-order chi connectivity index (χ1) is 18.4. The second-order valence-corrected chi connectivity index (χ2v) is 14.4. The van der Waals surface area contributed by atoms with Crippen LogP contribution in [0.1, 0.15) is 38.5 Å². The first kappa shape index (κ1) is 38.3. The molecule has 0 aromatic heterocycles. The van der Waals surface area contributed by atoms with E-state index < -0.39 is 26.2 Å². The second-order valence-electron chi connectivity index (χ2n) is 9.52. The van der Waals surface area contributed by atoms with Crippen molar-refractivity contribution in [3.8, 4) is 0 Å². The fourth-order valence-corrected chi connectivity index (χ4v) is 5.87. The van der Waals surface area contributed by atoms with E-state index in [1.165, 1.54) is 6.04 Å². The van der Waals surface area contributed by atoms with Gasteiger partial charge in [0.1, 0.15) is 6.54 Å². The third kappa shape index (κ3) is 27.3. The minimum Gasteiger partial charge on any atom is -0.481 e. The van der Waals surface area contributed by atoms with Gasteiger partial charge in [0.2, 0.25) is 0 Å². The lowest BCUT2D eigenvalue weighted by Gasteiger charge is -2.39. The molecule has 39 heavy (non-hydrogen) atoms. The predicted octanol–water partition coefficient (Wildman–Crippen LogP) is 0.706. The monoisotopic (exact) mass is 624 g/mol. The summed E-state index contributed by atoms with van der Waals surface area (Å²) in [4.78, 5) is 10.4. The molecule has 0 saturated heterocycles. The highest BCUT2D eigenvalue weighted by Gasteiger charge is 2.26. The van der Waals surface area contributed by atoms with Gasteiger partial charge in [-0.15, -0.1) is 0 Å². The number of unbranched alkanes of at least 4 members (excludes halogenated alkanes) is 2. The number of carboxylic acid groups (broad SMARTS) is 1. The number of hydrogen-bond donors (Lipinski definition) is 3. The third-order valence-corrected chi connectivity index (χ3v) is 8.91. The molecular weight excluding hydrogens is 574 g/mol. The van der Waals surface area contributed by atoms with Gasteiger partial charge in [-0.3, -0.25) is 13.9 Å². The molecule has 0 amide bonds. The quantitative estimate of drug-likeness (QED) is 0.0459. The van der Waals surface area contributed by atoms with Gasteiger partial charge in [-0.2, -0.15) is 16.8 Å². The molecule has 13 nitrogen and oxygen atoms in total. The van der Waals surface area contributed by atoms with Crippen molar-refractivity contribution in [2.75, 3.05) is 90.5 Å². The van der Waals surface area contributed by atoms with Gasteiger partial charge in [-0.25, -0.2) is 0 Å². The number of rotatable bonds is 29. The van der Waals surface area contributed by atoms with Crippen LogP contribution in [0.15, 0.2) is 0 Å². The van der Waals surface area contributed by atoms with Crippen LogP contribution < -0.4 is 0 Å². The van der Waals surface area contributed by atoms with E-state index in [2.05, 4.69) is 6.55 Å². The Labute approximate surface area is 236 Å². The van der Waals surface area contributed by atoms with Gasteiger partial charge < -0.3 is 28.5 Å². The molecule has 234 valence electrons. The zero-order valence-corrected chi connectivity index (χ0v) is 26.4. The van der Waals surface area contributed by atoms with Gasteiger partial charge in [0.25, 0.3) is 20.2 Å². The third-order valence-electron chi connectivity index (χ3n) is 6.09. The zero-order chi connectivity index (χ0) is 29.5. The second kappa shape index (κ2) is 22.9. The van der Waals surface area contributed by atoms with Crippen molar-refractivity contribution in [2.24, 2.45) is 0 Å². The molecule has 0 rings (SSSR count). The molecule has 0 aliphatic carbocycles. The van der Waals surface area contributed by atoms with E-state index >= 15 is 0 Å². The Morgan fingerprint density at radius 1 is 0.641 bits per heavy atom. The molecule has 0 saturated carbocycles. The Kier molecular flexibility index (Phi) is 22.5. The predicted molar refractivity (Wildman–Crippen MR) is 150 cm³/mol. The van der Waals surface area contributed by atoms with Crippen molar-refractivity contribution in [3.05, 3.63) is 0 Å². The minimum atomic E-state index is -4.01. The van der Waals surface area contributed by atoms with Crippen LogP contribution in [-0.4, -0.2) is 142 Å². The summed E-state index contributed by atoms with van der Waals surface area (Å²) < 4.78 is 85.0. The molecule has 0 aliphatic heterocycles. The van der Waals surface area contributed by atoms with E-state index in [0.717, 1.165) is 13.0 Å². The van der Waals surface area contributed by atoms with Crippen molar-refractivity contribution in [3.63, 3.8) is 0 Å². The van der Waals surface area contributed by atoms with E-state index in [1.807, 2.05) is 0 Å². The lowest BCUT2D eigenvalue weighted by atomic mass is 10.2. The van der Waals surface area contributed by atoms with Gasteiger partial charge in [0, 0.05) is 9.52 Å². The van der Waals surface area contributed by atoms with Crippen LogP contribution in [0.5, 0.6) is 0 Å². The Morgan fingerprint density at radius 3 is 1.46 bits per heavy atom. The molecule has 0 unspecified atom stereocenters. The van der Waals surface area contributed by atoms with Crippen LogP contribution in [0.25, 0.3) is 0 Å². The first-order valence-corrected chi connectivity index (χ1v) is 19.3. The molecule has 0 atom stereocenters. The summed E-state index contributed by atoms with van der Waals surface area (Å²) in [5, 5.41) is 8.52. The van der Waals surface area contributed by atoms with Crippen molar-refractivity contribution >= 4 is 35.7 Å². The molecule has 0 radical (unpaired) electrons. The molecule has 0 fully saturated rings. The molecule has 0 aromatic rings. The molecule has 16 heteroatoms. The summed E-state index contributed by atoms with van der Waals surface area (Å²) >= 11 is 0. The van der Waals surface area contributed by atoms with Crippen LogP contribution in [-0.2, 0) is 44.0 Å². The van der Waals surface area contributed by atoms with Crippen molar-refractivity contribution in [1.82, 2.24) is 0 Å². The highest BCUT2D eigenvalue weighted by Crippen LogP contribution is 2.16. The summed E-state index contributed by atoms with van der Waals surface area (Å²) in [5.74, 6) is -1.47. The normalized spacial score (nSPS) is 13.0. The average Bonchev–Trinajstić information content (AvgIpc) is 2.83. The molecule has 0 aromatic carbocycles. The Balaban J connectivity index is 4.50. The number of hydrogen-bond acceptors (Lipinski definition) is 9. The summed E-state index contributed by atoms with van der Waals surface area (Å²) in [5.41, 5.74) is 0. The van der Waals surface area contributed by atoms with Crippen LogP contribution in [0.2, 0.25) is 12.6 Å². The van der Waals surface area contributed by atoms with E-state index in [9.17, 15) is 21.6 Å². The molecule has 0 heterocycles. The number of nitrogens with zero attached hydrogens (tertiary/aromatic N) is 1. The largest absolute Gasteiger partial charge is 0.481 e. The number of quaternary nitrogens is 1. The summed E-state index contributed by atoms with van der Waals surface area (Å²) in [6.45, 7) is 8.08. The first-order valence-electron chi connectivity index (χ1n) is 13.7. The fraction of sp³-hybridized carbons (Fsp3) is 0.957. The van der Waals surface area contributed by atoms with Crippen LogP contribution in [0.4, 0.5) is 0 Å². The molecule has 0 aliphatic rings. The molecule has 0 bridgehead atoms. The summed E-state index contributed by atoms with van der Waals surface area (Å²) in [7, 11) is -8.14. The number of carbonyl (C=O) groups is 1. The van der Waals surface area contributed by atoms with Crippen molar-refractivity contribution < 1.29 is 59.3 Å². The minimum absolute atomic E-state index is 0.0362. The number of carboxylic acids is 1. The van der Waals surface area contributed by atoms with Crippen molar-refractivity contribution in [1.29, 1.82) is 0 Å². The fourth-order valence-electron chi connectivity index (χ4n) is 4.01. The maximum absolute atomic E-state index is 11.1. The van der Waals surface area contributed by atoms with Gasteiger partial charge in [0.15, 0.2) is 0 Å². The standard InChI is InChI=1S/C23H49NO12S2Si/c1-39-22-6-10-24(8-2-4-20-37(27,28)29,9-3-5-21-38(30,31)32)11-13-34-15-17-36-19-18-35-16-14-33-12-7-23(25)26/h2-22,39H2,1H3,(H2-,25,26,27,28,29,30,31,32)/p+1. The lowest BCUT2D eigenvalue weighted by molar-refractivity contribution is -0.929. The summed E-state index contributed by atoms with van der Waals surface area (Å²) in [6.07, 6.45) is 2.90. The molecular formula is C23H50NO12S2Si+. The van der Waals surface area contributed by atoms with Crippen molar-refractivity contribution in [2.45, 2.75) is 51.1 Å². The maximum atomic E-state index is 11.1. The van der Waals surface area contributed by atoms with Crippen LogP contribution in [0, 0.1) is 0 Å². The van der Waals surface area contributed by atoms with Crippen LogP contribution in [0.3, 0.4) is 0 Å². The van der Waals surface area contributed by atoms with Gasteiger partial charge in [-0.1, -0.05) is 12.6 Å². The van der Waals surface area contributed by atoms with E-state index in [-0.39, 0.29) is 34.1 Å². The van der Waals surface area contributed by atoms with E-state index in [0.29, 0.717) is 96.0 Å². The average molecular weight is 625 g/mol. The number of aliphatic carboxylic acids is 1. The molecule has 0 spiro atoms. The van der Waals surface area contributed by atoms with Crippen LogP contribution >= 0.6 is 0 Å². The Morgan fingerprint density at radius 2 is 1.05 bits per heavy atom.